The third-order valence-electron chi connectivity index (χ3n) is 4.46. The van der Waals surface area contributed by atoms with Gasteiger partial charge in [0, 0.05) is 19.1 Å². The van der Waals surface area contributed by atoms with Crippen LogP contribution in [0.25, 0.3) is 0 Å². The van der Waals surface area contributed by atoms with Gasteiger partial charge in [0.1, 0.15) is 0 Å². The second-order valence-corrected chi connectivity index (χ2v) is 6.24. The minimum Gasteiger partial charge on any atom is -0.481 e. The average molecular weight is 239 g/mol. The Labute approximate surface area is 104 Å². The molecule has 0 spiro atoms. The minimum absolute atomic E-state index is 0.0779. The molecule has 0 unspecified atom stereocenters. The zero-order valence-corrected chi connectivity index (χ0v) is 11.1. The largest absolute Gasteiger partial charge is 0.481 e. The molecule has 0 radical (unpaired) electrons. The lowest BCUT2D eigenvalue weighted by Crippen LogP contribution is -2.46. The summed E-state index contributed by atoms with van der Waals surface area (Å²) in [5.41, 5.74) is 0. The van der Waals surface area contributed by atoms with E-state index in [9.17, 15) is 4.79 Å². The van der Waals surface area contributed by atoms with E-state index in [1.807, 2.05) is 0 Å². The first-order valence-corrected chi connectivity index (χ1v) is 7.03. The monoisotopic (exact) mass is 239 g/mol. The molecule has 0 amide bonds. The summed E-state index contributed by atoms with van der Waals surface area (Å²) < 4.78 is 0. The molecule has 2 atom stereocenters. The van der Waals surface area contributed by atoms with Crippen LogP contribution in [-0.4, -0.2) is 35.1 Å². The Morgan fingerprint density at radius 3 is 2.06 bits per heavy atom. The number of carboxylic acids is 1. The molecule has 0 bridgehead atoms. The van der Waals surface area contributed by atoms with Crippen LogP contribution in [0.2, 0.25) is 0 Å². The van der Waals surface area contributed by atoms with E-state index < -0.39 is 5.97 Å². The van der Waals surface area contributed by atoms with E-state index in [1.54, 1.807) is 0 Å². The van der Waals surface area contributed by atoms with Crippen LogP contribution < -0.4 is 0 Å². The molecule has 1 heterocycles. The first kappa shape index (κ1) is 12.9. The molecule has 0 aromatic heterocycles. The van der Waals surface area contributed by atoms with Gasteiger partial charge in [0.05, 0.1) is 5.92 Å². The maximum Gasteiger partial charge on any atom is 0.306 e. The fraction of sp³-hybridized carbons (Fsp3) is 0.929. The van der Waals surface area contributed by atoms with Gasteiger partial charge in [0.15, 0.2) is 0 Å². The summed E-state index contributed by atoms with van der Waals surface area (Å²) >= 11 is 0. The lowest BCUT2D eigenvalue weighted by molar-refractivity contribution is -0.143. The molecule has 2 aliphatic rings. The van der Waals surface area contributed by atoms with Gasteiger partial charge in [-0.05, 0) is 43.9 Å². The topological polar surface area (TPSA) is 40.5 Å². The molecular formula is C14H25NO2. The highest BCUT2D eigenvalue weighted by Crippen LogP contribution is 2.31. The summed E-state index contributed by atoms with van der Waals surface area (Å²) in [5, 5.41) is 9.01. The zero-order valence-electron chi connectivity index (χ0n) is 11.1. The van der Waals surface area contributed by atoms with Crippen LogP contribution in [0.5, 0.6) is 0 Å². The van der Waals surface area contributed by atoms with Crippen LogP contribution in [0.4, 0.5) is 0 Å². The predicted octanol–water partition coefficient (Wildman–Crippen LogP) is 2.61. The molecule has 1 saturated carbocycles. The molecule has 1 N–H and O–H groups in total. The van der Waals surface area contributed by atoms with Crippen LogP contribution in [0.1, 0.15) is 46.0 Å². The van der Waals surface area contributed by atoms with Crippen molar-refractivity contribution < 1.29 is 9.90 Å². The molecule has 1 aliphatic heterocycles. The molecule has 3 heteroatoms. The summed E-state index contributed by atoms with van der Waals surface area (Å²) in [7, 11) is 0. The molecule has 3 nitrogen and oxygen atoms in total. The Bertz CT molecular complexity index is 261. The summed E-state index contributed by atoms with van der Waals surface area (Å²) in [4.78, 5) is 13.5. The Hall–Kier alpha value is -0.570. The summed E-state index contributed by atoms with van der Waals surface area (Å²) in [5.74, 6) is 0.932. The van der Waals surface area contributed by atoms with Gasteiger partial charge in [-0.15, -0.1) is 0 Å². The SMILES string of the molecule is C[C@@H]1C[C@@H](C)CN(C2CCC(C(=O)O)CC2)C1. The van der Waals surface area contributed by atoms with Crippen molar-refractivity contribution in [3.05, 3.63) is 0 Å². The number of likely N-dealkylation sites (tertiary alicyclic amines) is 1. The van der Waals surface area contributed by atoms with Crippen LogP contribution >= 0.6 is 0 Å². The van der Waals surface area contributed by atoms with Crippen molar-refractivity contribution in [2.45, 2.75) is 52.0 Å². The van der Waals surface area contributed by atoms with Crippen molar-refractivity contribution in [1.82, 2.24) is 4.90 Å². The minimum atomic E-state index is -0.594. The van der Waals surface area contributed by atoms with Gasteiger partial charge in [-0.3, -0.25) is 9.69 Å². The highest BCUT2D eigenvalue weighted by atomic mass is 16.4. The van der Waals surface area contributed by atoms with Gasteiger partial charge in [-0.25, -0.2) is 0 Å². The third-order valence-corrected chi connectivity index (χ3v) is 4.46. The Balaban J connectivity index is 1.85. The molecule has 17 heavy (non-hydrogen) atoms. The maximum atomic E-state index is 10.9. The number of aliphatic carboxylic acids is 1. The number of nitrogens with zero attached hydrogens (tertiary/aromatic N) is 1. The number of rotatable bonds is 2. The number of carboxylic acid groups (broad SMARTS) is 1. The molecule has 1 saturated heterocycles. The summed E-state index contributed by atoms with van der Waals surface area (Å²) in [6.45, 7) is 7.11. The second-order valence-electron chi connectivity index (χ2n) is 6.24. The molecule has 98 valence electrons. The number of carbonyl (C=O) groups is 1. The van der Waals surface area contributed by atoms with Crippen LogP contribution in [-0.2, 0) is 4.79 Å². The summed E-state index contributed by atoms with van der Waals surface area (Å²) in [6.07, 6.45) is 5.26. The van der Waals surface area contributed by atoms with Gasteiger partial charge in [0.2, 0.25) is 0 Å². The lowest BCUT2D eigenvalue weighted by Gasteiger charge is -2.42. The van der Waals surface area contributed by atoms with Crippen molar-refractivity contribution in [1.29, 1.82) is 0 Å². The van der Waals surface area contributed by atoms with Gasteiger partial charge >= 0.3 is 5.97 Å². The van der Waals surface area contributed by atoms with E-state index in [0.29, 0.717) is 6.04 Å². The molecule has 2 fully saturated rings. The van der Waals surface area contributed by atoms with E-state index in [2.05, 4.69) is 18.7 Å². The van der Waals surface area contributed by atoms with E-state index in [1.165, 1.54) is 19.5 Å². The Morgan fingerprint density at radius 1 is 1.06 bits per heavy atom. The molecule has 1 aliphatic carbocycles. The van der Waals surface area contributed by atoms with Gasteiger partial charge in [-0.1, -0.05) is 13.8 Å². The first-order chi connectivity index (χ1) is 8.06. The van der Waals surface area contributed by atoms with E-state index in [0.717, 1.165) is 37.5 Å². The number of hydrogen-bond donors (Lipinski definition) is 1. The summed E-state index contributed by atoms with van der Waals surface area (Å²) in [6, 6.07) is 0.649. The predicted molar refractivity (Wildman–Crippen MR) is 67.9 cm³/mol. The van der Waals surface area contributed by atoms with Gasteiger partial charge in [-0.2, -0.15) is 0 Å². The molecule has 2 rings (SSSR count). The van der Waals surface area contributed by atoms with Crippen LogP contribution in [0.15, 0.2) is 0 Å². The first-order valence-electron chi connectivity index (χ1n) is 7.03. The van der Waals surface area contributed by atoms with Crippen molar-refractivity contribution >= 4 is 5.97 Å². The quantitative estimate of drug-likeness (QED) is 0.805. The highest BCUT2D eigenvalue weighted by Gasteiger charge is 2.32. The van der Waals surface area contributed by atoms with E-state index >= 15 is 0 Å². The number of piperidine rings is 1. The molecule has 0 aromatic rings. The fourth-order valence-corrected chi connectivity index (χ4v) is 3.70. The van der Waals surface area contributed by atoms with Crippen molar-refractivity contribution in [3.63, 3.8) is 0 Å². The normalized spacial score (nSPS) is 40.1. The van der Waals surface area contributed by atoms with Crippen molar-refractivity contribution in [3.8, 4) is 0 Å². The highest BCUT2D eigenvalue weighted by molar-refractivity contribution is 5.70. The Morgan fingerprint density at radius 2 is 1.59 bits per heavy atom. The van der Waals surface area contributed by atoms with Crippen LogP contribution in [0, 0.1) is 17.8 Å². The van der Waals surface area contributed by atoms with Crippen molar-refractivity contribution in [2.24, 2.45) is 17.8 Å². The fourth-order valence-electron chi connectivity index (χ4n) is 3.70. The van der Waals surface area contributed by atoms with E-state index in [4.69, 9.17) is 5.11 Å². The smallest absolute Gasteiger partial charge is 0.306 e. The molecular weight excluding hydrogens is 214 g/mol. The third kappa shape index (κ3) is 3.21. The standard InChI is InChI=1S/C14H25NO2/c1-10-7-11(2)9-15(8-10)13-5-3-12(4-6-13)14(16)17/h10-13H,3-9H2,1-2H3,(H,16,17)/t10-,11-,12?,13?/m1/s1. The van der Waals surface area contributed by atoms with Gasteiger partial charge in [0.25, 0.3) is 0 Å². The molecule has 0 aromatic carbocycles. The lowest BCUT2D eigenvalue weighted by atomic mass is 9.83. The average Bonchev–Trinajstić information content (AvgIpc) is 2.28. The maximum absolute atomic E-state index is 10.9. The Kier molecular flexibility index (Phi) is 4.08. The van der Waals surface area contributed by atoms with Crippen molar-refractivity contribution in [2.75, 3.05) is 13.1 Å². The van der Waals surface area contributed by atoms with Gasteiger partial charge < -0.3 is 5.11 Å². The van der Waals surface area contributed by atoms with E-state index in [-0.39, 0.29) is 5.92 Å². The van der Waals surface area contributed by atoms with Crippen LogP contribution in [0.3, 0.4) is 0 Å². The number of hydrogen-bond acceptors (Lipinski definition) is 2. The zero-order chi connectivity index (χ0) is 12.4. The second kappa shape index (κ2) is 5.38.